The van der Waals surface area contributed by atoms with E-state index in [2.05, 4.69) is 29.1 Å². The molecular formula is C25H26N4O4. The van der Waals surface area contributed by atoms with Gasteiger partial charge in [-0.15, -0.1) is 10.2 Å². The Bertz CT molecular complexity index is 1390. The van der Waals surface area contributed by atoms with E-state index in [-0.39, 0.29) is 11.6 Å². The summed E-state index contributed by atoms with van der Waals surface area (Å²) in [6.07, 6.45) is 0. The van der Waals surface area contributed by atoms with Crippen molar-refractivity contribution in [1.82, 2.24) is 9.55 Å². The van der Waals surface area contributed by atoms with Crippen LogP contribution in [-0.4, -0.2) is 34.8 Å². The summed E-state index contributed by atoms with van der Waals surface area (Å²) < 4.78 is 12.4. The summed E-state index contributed by atoms with van der Waals surface area (Å²) in [6, 6.07) is 12.5. The lowest BCUT2D eigenvalue weighted by Gasteiger charge is -2.09. The number of carbonyl (C=O) groups is 1. The van der Waals surface area contributed by atoms with E-state index < -0.39 is 5.91 Å². The summed E-state index contributed by atoms with van der Waals surface area (Å²) in [4.78, 5) is 17.6. The number of rotatable bonds is 6. The van der Waals surface area contributed by atoms with E-state index in [1.807, 2.05) is 19.1 Å². The number of aryl methyl sites for hydroxylation is 1. The number of hydrogen-bond donors (Lipinski definition) is 1. The second-order valence-corrected chi connectivity index (χ2v) is 8.26. The first-order valence-corrected chi connectivity index (χ1v) is 10.6. The molecule has 170 valence electrons. The van der Waals surface area contributed by atoms with Crippen molar-refractivity contribution in [1.29, 1.82) is 0 Å². The van der Waals surface area contributed by atoms with Crippen molar-refractivity contribution in [2.45, 2.75) is 27.3 Å². The zero-order valence-corrected chi connectivity index (χ0v) is 19.3. The number of aromatic hydroxyl groups is 1. The third-order valence-electron chi connectivity index (χ3n) is 5.38. The molecule has 0 saturated carbocycles. The maximum absolute atomic E-state index is 13.1. The topological polar surface area (TPSA) is 98.3 Å². The minimum atomic E-state index is -0.536. The first-order chi connectivity index (χ1) is 15.8. The Hall–Kier alpha value is -3.94. The van der Waals surface area contributed by atoms with Gasteiger partial charge in [0.05, 0.1) is 30.8 Å². The molecule has 0 bridgehead atoms. The van der Waals surface area contributed by atoms with Gasteiger partial charge in [-0.05, 0) is 55.3 Å². The van der Waals surface area contributed by atoms with Crippen LogP contribution < -0.4 is 9.47 Å². The Kier molecular flexibility index (Phi) is 6.00. The van der Waals surface area contributed by atoms with Crippen LogP contribution in [0.5, 0.6) is 17.4 Å². The molecule has 0 atom stereocenters. The second kappa shape index (κ2) is 8.90. The van der Waals surface area contributed by atoms with Gasteiger partial charge < -0.3 is 19.1 Å². The number of pyridine rings is 1. The molecule has 1 amide bonds. The maximum atomic E-state index is 13.1. The van der Waals surface area contributed by atoms with Crippen LogP contribution >= 0.6 is 0 Å². The Labute approximate surface area is 191 Å². The third kappa shape index (κ3) is 4.24. The molecule has 2 aromatic heterocycles. The van der Waals surface area contributed by atoms with Gasteiger partial charge in [0.25, 0.3) is 5.91 Å². The Morgan fingerprint density at radius 1 is 1.06 bits per heavy atom. The van der Waals surface area contributed by atoms with Gasteiger partial charge in [-0.1, -0.05) is 13.8 Å². The van der Waals surface area contributed by atoms with Gasteiger partial charge in [-0.25, -0.2) is 0 Å². The van der Waals surface area contributed by atoms with E-state index in [4.69, 9.17) is 9.47 Å². The molecule has 2 heterocycles. The fourth-order valence-corrected chi connectivity index (χ4v) is 3.87. The SMILES string of the molecule is COc1ccc2nc(C)cc(C(=O)N=Nc3c(O)n(CC(C)C)c4ccc(OC)cc34)c2c1. The van der Waals surface area contributed by atoms with E-state index in [0.717, 1.165) is 5.52 Å². The summed E-state index contributed by atoms with van der Waals surface area (Å²) in [7, 11) is 3.13. The summed E-state index contributed by atoms with van der Waals surface area (Å²) in [5.74, 6) is 0.948. The lowest BCUT2D eigenvalue weighted by atomic mass is 10.1. The highest BCUT2D eigenvalue weighted by Crippen LogP contribution is 2.41. The number of ether oxygens (including phenoxy) is 2. The zero-order valence-electron chi connectivity index (χ0n) is 19.3. The minimum absolute atomic E-state index is 0.0408. The lowest BCUT2D eigenvalue weighted by Crippen LogP contribution is -2.03. The molecule has 8 nitrogen and oxygen atoms in total. The quantitative estimate of drug-likeness (QED) is 0.377. The van der Waals surface area contributed by atoms with E-state index in [1.165, 1.54) is 0 Å². The van der Waals surface area contributed by atoms with Crippen LogP contribution in [0.2, 0.25) is 0 Å². The van der Waals surface area contributed by atoms with Gasteiger partial charge >= 0.3 is 0 Å². The number of amides is 1. The van der Waals surface area contributed by atoms with Crippen LogP contribution in [0, 0.1) is 12.8 Å². The molecular weight excluding hydrogens is 420 g/mol. The molecule has 0 unspecified atom stereocenters. The molecule has 0 saturated heterocycles. The van der Waals surface area contributed by atoms with Gasteiger partial charge in [0.1, 0.15) is 11.5 Å². The molecule has 4 rings (SSSR count). The van der Waals surface area contributed by atoms with Crippen molar-refractivity contribution < 1.29 is 19.4 Å². The van der Waals surface area contributed by atoms with Crippen molar-refractivity contribution in [3.05, 3.63) is 53.7 Å². The number of carbonyl (C=O) groups excluding carboxylic acids is 1. The average molecular weight is 447 g/mol. The van der Waals surface area contributed by atoms with Crippen molar-refractivity contribution in [2.24, 2.45) is 16.1 Å². The van der Waals surface area contributed by atoms with Crippen LogP contribution in [0.1, 0.15) is 29.9 Å². The maximum Gasteiger partial charge on any atom is 0.296 e. The highest BCUT2D eigenvalue weighted by atomic mass is 16.5. The monoisotopic (exact) mass is 446 g/mol. The van der Waals surface area contributed by atoms with E-state index in [0.29, 0.717) is 51.5 Å². The molecule has 0 spiro atoms. The largest absolute Gasteiger partial charge is 0.497 e. The van der Waals surface area contributed by atoms with Crippen LogP contribution in [0.25, 0.3) is 21.8 Å². The summed E-state index contributed by atoms with van der Waals surface area (Å²) in [6.45, 7) is 6.52. The number of benzene rings is 2. The van der Waals surface area contributed by atoms with Crippen molar-refractivity contribution in [3.63, 3.8) is 0 Å². The standard InChI is InChI=1S/C25H26N4O4/c1-14(2)13-29-22-9-7-17(33-5)12-20(22)23(25(29)31)27-28-24(30)19-10-15(3)26-21-8-6-16(32-4)11-18(19)21/h6-12,14,31H,13H2,1-5H3. The molecule has 0 aliphatic heterocycles. The van der Waals surface area contributed by atoms with Gasteiger partial charge in [0, 0.05) is 23.0 Å². The second-order valence-electron chi connectivity index (χ2n) is 8.26. The fraction of sp³-hybridized carbons (Fsp3) is 0.280. The Morgan fingerprint density at radius 2 is 1.73 bits per heavy atom. The number of hydrogen-bond acceptors (Lipinski definition) is 6. The molecule has 0 radical (unpaired) electrons. The molecule has 0 aliphatic rings. The number of methoxy groups -OCH3 is 2. The summed E-state index contributed by atoms with van der Waals surface area (Å²) in [5, 5.41) is 20.4. The molecule has 0 aliphatic carbocycles. The van der Waals surface area contributed by atoms with Crippen LogP contribution in [0.15, 0.2) is 52.7 Å². The molecule has 0 fully saturated rings. The molecule has 33 heavy (non-hydrogen) atoms. The lowest BCUT2D eigenvalue weighted by molar-refractivity contribution is 0.0996. The number of azo groups is 1. The van der Waals surface area contributed by atoms with Crippen molar-refractivity contribution in [2.75, 3.05) is 14.2 Å². The predicted molar refractivity (Wildman–Crippen MR) is 127 cm³/mol. The average Bonchev–Trinajstić information content (AvgIpc) is 3.06. The third-order valence-corrected chi connectivity index (χ3v) is 5.38. The van der Waals surface area contributed by atoms with Crippen LogP contribution in [0.3, 0.4) is 0 Å². The first-order valence-electron chi connectivity index (χ1n) is 10.6. The van der Waals surface area contributed by atoms with E-state index in [1.54, 1.807) is 49.1 Å². The summed E-state index contributed by atoms with van der Waals surface area (Å²) in [5.41, 5.74) is 2.73. The van der Waals surface area contributed by atoms with Crippen molar-refractivity contribution >= 4 is 33.4 Å². The summed E-state index contributed by atoms with van der Waals surface area (Å²) >= 11 is 0. The minimum Gasteiger partial charge on any atom is -0.497 e. The number of aromatic nitrogens is 2. The highest BCUT2D eigenvalue weighted by Gasteiger charge is 2.19. The molecule has 1 N–H and O–H groups in total. The zero-order chi connectivity index (χ0) is 23.7. The van der Waals surface area contributed by atoms with E-state index in [9.17, 15) is 9.90 Å². The van der Waals surface area contributed by atoms with Gasteiger partial charge in [-0.3, -0.25) is 9.78 Å². The molecule has 2 aromatic carbocycles. The van der Waals surface area contributed by atoms with Crippen LogP contribution in [-0.2, 0) is 6.54 Å². The number of fused-ring (bicyclic) bond motifs is 2. The fourth-order valence-electron chi connectivity index (χ4n) is 3.87. The van der Waals surface area contributed by atoms with Crippen LogP contribution in [0.4, 0.5) is 5.69 Å². The highest BCUT2D eigenvalue weighted by molar-refractivity contribution is 6.07. The molecule has 8 heteroatoms. The number of nitrogens with zero attached hydrogens (tertiary/aromatic N) is 4. The van der Waals surface area contributed by atoms with E-state index >= 15 is 0 Å². The molecule has 4 aromatic rings. The normalized spacial score (nSPS) is 11.7. The van der Waals surface area contributed by atoms with Gasteiger partial charge in [0.15, 0.2) is 5.69 Å². The Morgan fingerprint density at radius 3 is 2.39 bits per heavy atom. The van der Waals surface area contributed by atoms with Gasteiger partial charge in [-0.2, -0.15) is 0 Å². The first kappa shape index (κ1) is 22.3. The van der Waals surface area contributed by atoms with Gasteiger partial charge in [0.2, 0.25) is 5.88 Å². The Balaban J connectivity index is 1.82. The predicted octanol–water partition coefficient (Wildman–Crippen LogP) is 5.80. The van der Waals surface area contributed by atoms with Crippen molar-refractivity contribution in [3.8, 4) is 17.4 Å². The smallest absolute Gasteiger partial charge is 0.296 e.